The van der Waals surface area contributed by atoms with E-state index < -0.39 is 17.5 Å². The summed E-state index contributed by atoms with van der Waals surface area (Å²) in [6.45, 7) is 0. The third kappa shape index (κ3) is 3.33. The van der Waals surface area contributed by atoms with E-state index >= 15 is 0 Å². The molecule has 0 bridgehead atoms. The average Bonchev–Trinajstić information content (AvgIpc) is 2.37. The number of hydrogen-bond donors (Lipinski definition) is 2. The molecule has 0 unspecified atom stereocenters. The molecule has 98 valence electrons. The van der Waals surface area contributed by atoms with Crippen molar-refractivity contribution in [1.82, 2.24) is 0 Å². The molecule has 0 aromatic heterocycles. The van der Waals surface area contributed by atoms with Crippen molar-refractivity contribution in [1.29, 1.82) is 0 Å². The van der Waals surface area contributed by atoms with Gasteiger partial charge in [-0.25, -0.2) is 8.78 Å². The molecule has 0 saturated carbocycles. The standard InChI is InChI=1S/C13H8BrF2NOS/c14-9-3-2-8(15)6-11(9)17-13(18)7-1-4-10(16)12(19)5-7/h1-6,19H,(H,17,18). The first kappa shape index (κ1) is 14.0. The molecular formula is C13H8BrF2NOS. The van der Waals surface area contributed by atoms with Crippen LogP contribution in [0.1, 0.15) is 10.4 Å². The Kier molecular flexibility index (Phi) is 4.21. The molecule has 0 saturated heterocycles. The fourth-order valence-corrected chi connectivity index (χ4v) is 2.00. The van der Waals surface area contributed by atoms with Gasteiger partial charge in [0.25, 0.3) is 5.91 Å². The molecule has 0 radical (unpaired) electrons. The third-order valence-corrected chi connectivity index (χ3v) is 3.42. The molecule has 2 aromatic rings. The predicted octanol–water partition coefficient (Wildman–Crippen LogP) is 4.27. The second-order valence-electron chi connectivity index (χ2n) is 3.74. The maximum Gasteiger partial charge on any atom is 0.255 e. The van der Waals surface area contributed by atoms with Crippen LogP contribution in [0.5, 0.6) is 0 Å². The van der Waals surface area contributed by atoms with Crippen LogP contribution in [0.25, 0.3) is 0 Å². The number of hydrogen-bond acceptors (Lipinski definition) is 2. The molecule has 19 heavy (non-hydrogen) atoms. The van der Waals surface area contributed by atoms with Crippen molar-refractivity contribution in [2.24, 2.45) is 0 Å². The molecule has 2 aromatic carbocycles. The maximum atomic E-state index is 13.1. The van der Waals surface area contributed by atoms with Crippen LogP contribution in [-0.2, 0) is 0 Å². The lowest BCUT2D eigenvalue weighted by Crippen LogP contribution is -2.12. The lowest BCUT2D eigenvalue weighted by molar-refractivity contribution is 0.102. The van der Waals surface area contributed by atoms with Gasteiger partial charge < -0.3 is 5.32 Å². The number of rotatable bonds is 2. The normalized spacial score (nSPS) is 10.3. The van der Waals surface area contributed by atoms with Crippen LogP contribution in [0.4, 0.5) is 14.5 Å². The van der Waals surface area contributed by atoms with Crippen molar-refractivity contribution in [2.75, 3.05) is 5.32 Å². The number of nitrogens with one attached hydrogen (secondary N) is 1. The van der Waals surface area contributed by atoms with E-state index in [4.69, 9.17) is 0 Å². The van der Waals surface area contributed by atoms with Crippen LogP contribution >= 0.6 is 28.6 Å². The SMILES string of the molecule is O=C(Nc1cc(F)ccc1Br)c1ccc(F)c(S)c1. The van der Waals surface area contributed by atoms with E-state index in [0.29, 0.717) is 10.2 Å². The second kappa shape index (κ2) is 5.71. The number of carbonyl (C=O) groups excluding carboxylic acids is 1. The Morgan fingerprint density at radius 3 is 2.58 bits per heavy atom. The summed E-state index contributed by atoms with van der Waals surface area (Å²) in [6, 6.07) is 7.73. The molecule has 2 rings (SSSR count). The fraction of sp³-hybridized carbons (Fsp3) is 0. The van der Waals surface area contributed by atoms with Crippen LogP contribution in [0.15, 0.2) is 45.8 Å². The highest BCUT2D eigenvalue weighted by Crippen LogP contribution is 2.24. The predicted molar refractivity (Wildman–Crippen MR) is 75.7 cm³/mol. The van der Waals surface area contributed by atoms with Gasteiger partial charge in [0.2, 0.25) is 0 Å². The number of benzene rings is 2. The number of thiol groups is 1. The molecule has 1 amide bonds. The molecule has 0 aliphatic heterocycles. The zero-order chi connectivity index (χ0) is 14.0. The summed E-state index contributed by atoms with van der Waals surface area (Å²) in [7, 11) is 0. The molecule has 0 atom stereocenters. The first-order chi connectivity index (χ1) is 8.97. The highest BCUT2D eigenvalue weighted by Gasteiger charge is 2.10. The van der Waals surface area contributed by atoms with E-state index in [9.17, 15) is 13.6 Å². The van der Waals surface area contributed by atoms with Gasteiger partial charge >= 0.3 is 0 Å². The van der Waals surface area contributed by atoms with Crippen molar-refractivity contribution in [3.63, 3.8) is 0 Å². The van der Waals surface area contributed by atoms with Gasteiger partial charge in [0, 0.05) is 14.9 Å². The first-order valence-electron chi connectivity index (χ1n) is 5.22. The molecular weight excluding hydrogens is 336 g/mol. The van der Waals surface area contributed by atoms with Crippen molar-refractivity contribution >= 4 is 40.2 Å². The van der Waals surface area contributed by atoms with Gasteiger partial charge in [-0.05, 0) is 52.3 Å². The van der Waals surface area contributed by atoms with Crippen molar-refractivity contribution in [2.45, 2.75) is 4.90 Å². The van der Waals surface area contributed by atoms with Gasteiger partial charge in [-0.2, -0.15) is 0 Å². The van der Waals surface area contributed by atoms with Crippen molar-refractivity contribution in [3.05, 3.63) is 58.1 Å². The van der Waals surface area contributed by atoms with Crippen molar-refractivity contribution in [3.8, 4) is 0 Å². The molecule has 6 heteroatoms. The van der Waals surface area contributed by atoms with E-state index in [-0.39, 0.29) is 10.5 Å². The summed E-state index contributed by atoms with van der Waals surface area (Å²) in [5.41, 5.74) is 0.539. The van der Waals surface area contributed by atoms with Gasteiger partial charge in [-0.1, -0.05) is 0 Å². The van der Waals surface area contributed by atoms with E-state index in [1.54, 1.807) is 0 Å². The lowest BCUT2D eigenvalue weighted by Gasteiger charge is -2.08. The zero-order valence-electron chi connectivity index (χ0n) is 9.45. The number of halogens is 3. The minimum atomic E-state index is -0.508. The first-order valence-corrected chi connectivity index (χ1v) is 6.46. The minimum Gasteiger partial charge on any atom is -0.321 e. The molecule has 0 fully saturated rings. The summed E-state index contributed by atoms with van der Waals surface area (Å²) in [6.07, 6.45) is 0. The summed E-state index contributed by atoms with van der Waals surface area (Å²) >= 11 is 7.10. The number of carbonyl (C=O) groups is 1. The van der Waals surface area contributed by atoms with E-state index in [2.05, 4.69) is 33.9 Å². The summed E-state index contributed by atoms with van der Waals surface area (Å²) in [5, 5.41) is 2.53. The number of amides is 1. The summed E-state index contributed by atoms with van der Waals surface area (Å²) in [4.78, 5) is 12.0. The highest BCUT2D eigenvalue weighted by molar-refractivity contribution is 9.10. The molecule has 0 spiro atoms. The Labute approximate surface area is 122 Å². The third-order valence-electron chi connectivity index (χ3n) is 2.38. The van der Waals surface area contributed by atoms with Gasteiger partial charge in [0.05, 0.1) is 5.69 Å². The average molecular weight is 344 g/mol. The van der Waals surface area contributed by atoms with Gasteiger partial charge in [0.15, 0.2) is 0 Å². The van der Waals surface area contributed by atoms with Crippen LogP contribution in [0.3, 0.4) is 0 Å². The molecule has 0 aliphatic carbocycles. The van der Waals surface area contributed by atoms with Gasteiger partial charge in [-0.3, -0.25) is 4.79 Å². The minimum absolute atomic E-state index is 0.0750. The Morgan fingerprint density at radius 1 is 1.16 bits per heavy atom. The largest absolute Gasteiger partial charge is 0.321 e. The number of anilines is 1. The summed E-state index contributed by atoms with van der Waals surface area (Å²) < 4.78 is 26.7. The Bertz CT molecular complexity index is 649. The van der Waals surface area contributed by atoms with Crippen LogP contribution < -0.4 is 5.32 Å². The summed E-state index contributed by atoms with van der Waals surface area (Å²) in [5.74, 6) is -1.44. The molecule has 1 N–H and O–H groups in total. The van der Waals surface area contributed by atoms with Gasteiger partial charge in [0.1, 0.15) is 11.6 Å². The highest BCUT2D eigenvalue weighted by atomic mass is 79.9. The zero-order valence-corrected chi connectivity index (χ0v) is 11.9. The lowest BCUT2D eigenvalue weighted by atomic mass is 10.2. The topological polar surface area (TPSA) is 29.1 Å². The van der Waals surface area contributed by atoms with Gasteiger partial charge in [-0.15, -0.1) is 12.6 Å². The Morgan fingerprint density at radius 2 is 1.89 bits per heavy atom. The molecule has 0 aliphatic rings. The second-order valence-corrected chi connectivity index (χ2v) is 5.08. The smallest absolute Gasteiger partial charge is 0.255 e. The Balaban J connectivity index is 2.25. The fourth-order valence-electron chi connectivity index (χ4n) is 1.44. The maximum absolute atomic E-state index is 13.1. The quantitative estimate of drug-likeness (QED) is 0.783. The monoisotopic (exact) mass is 343 g/mol. The molecule has 2 nitrogen and oxygen atoms in total. The molecule has 0 heterocycles. The van der Waals surface area contributed by atoms with E-state index in [1.165, 1.54) is 30.3 Å². The van der Waals surface area contributed by atoms with Crippen LogP contribution in [0, 0.1) is 11.6 Å². The van der Waals surface area contributed by atoms with Crippen LogP contribution in [-0.4, -0.2) is 5.91 Å². The van der Waals surface area contributed by atoms with E-state index in [1.807, 2.05) is 0 Å². The Hall–Kier alpha value is -1.40. The van der Waals surface area contributed by atoms with Crippen molar-refractivity contribution < 1.29 is 13.6 Å². The van der Waals surface area contributed by atoms with E-state index in [0.717, 1.165) is 6.07 Å². The van der Waals surface area contributed by atoms with Crippen LogP contribution in [0.2, 0.25) is 0 Å².